The summed E-state index contributed by atoms with van der Waals surface area (Å²) in [5.74, 6) is 1.01. The van der Waals surface area contributed by atoms with Gasteiger partial charge in [0.2, 0.25) is 0 Å². The monoisotopic (exact) mass is 293 g/mol. The Morgan fingerprint density at radius 1 is 1.29 bits per heavy atom. The Bertz CT molecular complexity index is 528. The van der Waals surface area contributed by atoms with E-state index in [2.05, 4.69) is 20.9 Å². The molecule has 0 spiro atoms. The summed E-state index contributed by atoms with van der Waals surface area (Å²) in [4.78, 5) is 6.17. The number of hydrogen-bond acceptors (Lipinski definition) is 4. The maximum atomic E-state index is 9.24. The number of anilines is 3. The van der Waals surface area contributed by atoms with Crippen LogP contribution in [0.4, 0.5) is 17.2 Å². The maximum absolute atomic E-state index is 9.24. The van der Waals surface area contributed by atoms with Gasteiger partial charge in [-0.3, -0.25) is 0 Å². The van der Waals surface area contributed by atoms with Crippen molar-refractivity contribution < 1.29 is 5.11 Å². The Balaban J connectivity index is 2.36. The molecule has 88 valence electrons. The molecule has 0 aliphatic carbocycles. The fourth-order valence-electron chi connectivity index (χ4n) is 1.49. The van der Waals surface area contributed by atoms with Crippen molar-refractivity contribution in [3.8, 4) is 5.75 Å². The number of halogens is 1. The molecule has 1 aromatic carbocycles. The standard InChI is InChI=1S/C12H12BrN3O/c1-16(9-2-4-10(17)5-3-9)12-11(13)6-8(14)7-15-12/h2-7,17H,14H2,1H3. The SMILES string of the molecule is CN(c1ccc(O)cc1)c1ncc(N)cc1Br. The molecule has 0 aliphatic rings. The van der Waals surface area contributed by atoms with E-state index >= 15 is 0 Å². The molecule has 2 rings (SSSR count). The minimum absolute atomic E-state index is 0.242. The summed E-state index contributed by atoms with van der Waals surface area (Å²) >= 11 is 3.43. The molecule has 0 fully saturated rings. The summed E-state index contributed by atoms with van der Waals surface area (Å²) in [5, 5.41) is 9.24. The van der Waals surface area contributed by atoms with Gasteiger partial charge in [-0.1, -0.05) is 0 Å². The van der Waals surface area contributed by atoms with Crippen LogP contribution in [0, 0.1) is 0 Å². The van der Waals surface area contributed by atoms with Crippen molar-refractivity contribution in [2.24, 2.45) is 0 Å². The number of nitrogen functional groups attached to an aromatic ring is 1. The normalized spacial score (nSPS) is 10.2. The molecule has 4 nitrogen and oxygen atoms in total. The van der Waals surface area contributed by atoms with Crippen molar-refractivity contribution in [3.05, 3.63) is 41.0 Å². The van der Waals surface area contributed by atoms with Crippen molar-refractivity contribution >= 4 is 33.1 Å². The predicted octanol–water partition coefficient (Wildman–Crippen LogP) is 2.90. The van der Waals surface area contributed by atoms with E-state index < -0.39 is 0 Å². The van der Waals surface area contributed by atoms with Crippen LogP contribution < -0.4 is 10.6 Å². The van der Waals surface area contributed by atoms with Gasteiger partial charge in [-0.25, -0.2) is 4.98 Å². The van der Waals surface area contributed by atoms with Gasteiger partial charge < -0.3 is 15.7 Å². The van der Waals surface area contributed by atoms with Crippen molar-refractivity contribution in [3.63, 3.8) is 0 Å². The van der Waals surface area contributed by atoms with E-state index in [1.807, 2.05) is 24.1 Å². The molecule has 0 atom stereocenters. The smallest absolute Gasteiger partial charge is 0.147 e. The molecule has 1 aromatic heterocycles. The summed E-state index contributed by atoms with van der Waals surface area (Å²) in [5.41, 5.74) is 7.18. The fourth-order valence-corrected chi connectivity index (χ4v) is 2.12. The van der Waals surface area contributed by atoms with Gasteiger partial charge in [-0.2, -0.15) is 0 Å². The van der Waals surface area contributed by atoms with E-state index in [0.29, 0.717) is 5.69 Å². The number of nitrogens with two attached hydrogens (primary N) is 1. The summed E-state index contributed by atoms with van der Waals surface area (Å²) < 4.78 is 0.827. The molecule has 0 aliphatic heterocycles. The molecular formula is C12H12BrN3O. The summed E-state index contributed by atoms with van der Waals surface area (Å²) in [6, 6.07) is 8.72. The molecule has 3 N–H and O–H groups in total. The highest BCUT2D eigenvalue weighted by molar-refractivity contribution is 9.10. The zero-order valence-electron chi connectivity index (χ0n) is 9.26. The molecular weight excluding hydrogens is 282 g/mol. The van der Waals surface area contributed by atoms with Crippen LogP contribution in [-0.4, -0.2) is 17.1 Å². The molecule has 0 saturated heterocycles. The van der Waals surface area contributed by atoms with E-state index in [9.17, 15) is 5.11 Å². The lowest BCUT2D eigenvalue weighted by Gasteiger charge is -2.19. The molecule has 2 aromatic rings. The third-order valence-corrected chi connectivity index (χ3v) is 2.98. The number of pyridine rings is 1. The maximum Gasteiger partial charge on any atom is 0.147 e. The third-order valence-electron chi connectivity index (χ3n) is 2.40. The molecule has 5 heteroatoms. The highest BCUT2D eigenvalue weighted by Crippen LogP contribution is 2.30. The topological polar surface area (TPSA) is 62.4 Å². The number of benzene rings is 1. The Hall–Kier alpha value is -1.75. The first-order valence-corrected chi connectivity index (χ1v) is 5.81. The second kappa shape index (κ2) is 4.63. The van der Waals surface area contributed by atoms with Crippen LogP contribution in [0.2, 0.25) is 0 Å². The minimum atomic E-state index is 0.242. The van der Waals surface area contributed by atoms with E-state index in [1.165, 1.54) is 0 Å². The quantitative estimate of drug-likeness (QED) is 0.894. The van der Waals surface area contributed by atoms with Crippen LogP contribution in [0.15, 0.2) is 41.0 Å². The first-order valence-electron chi connectivity index (χ1n) is 5.01. The van der Waals surface area contributed by atoms with E-state index in [4.69, 9.17) is 5.73 Å². The van der Waals surface area contributed by atoms with E-state index in [-0.39, 0.29) is 5.75 Å². The first kappa shape index (κ1) is 11.7. The largest absolute Gasteiger partial charge is 0.508 e. The molecule has 0 amide bonds. The van der Waals surface area contributed by atoms with Crippen LogP contribution in [0.25, 0.3) is 0 Å². The zero-order valence-corrected chi connectivity index (χ0v) is 10.8. The molecule has 1 heterocycles. The number of phenolic OH excluding ortho intramolecular Hbond substituents is 1. The van der Waals surface area contributed by atoms with Gasteiger partial charge in [0.25, 0.3) is 0 Å². The second-order valence-electron chi connectivity index (χ2n) is 3.65. The molecule has 17 heavy (non-hydrogen) atoms. The van der Waals surface area contributed by atoms with E-state index in [1.54, 1.807) is 24.4 Å². The molecule has 0 bridgehead atoms. The number of nitrogens with zero attached hydrogens (tertiary/aromatic N) is 2. The number of aromatic nitrogens is 1. The predicted molar refractivity (Wildman–Crippen MR) is 72.5 cm³/mol. The molecule has 0 unspecified atom stereocenters. The van der Waals surface area contributed by atoms with Gasteiger partial charge in [0.1, 0.15) is 11.6 Å². The average Bonchev–Trinajstić information content (AvgIpc) is 2.29. The lowest BCUT2D eigenvalue weighted by Crippen LogP contribution is -2.11. The van der Waals surface area contributed by atoms with Crippen molar-refractivity contribution in [2.45, 2.75) is 0 Å². The van der Waals surface area contributed by atoms with Gasteiger partial charge in [0.05, 0.1) is 16.4 Å². The number of hydrogen-bond donors (Lipinski definition) is 2. The number of rotatable bonds is 2. The van der Waals surface area contributed by atoms with Crippen molar-refractivity contribution in [1.82, 2.24) is 4.98 Å². The third kappa shape index (κ3) is 2.50. The van der Waals surface area contributed by atoms with Gasteiger partial charge in [-0.15, -0.1) is 0 Å². The Morgan fingerprint density at radius 2 is 1.94 bits per heavy atom. The first-order chi connectivity index (χ1) is 8.08. The second-order valence-corrected chi connectivity index (χ2v) is 4.50. The summed E-state index contributed by atoms with van der Waals surface area (Å²) in [6.07, 6.45) is 1.61. The Kier molecular flexibility index (Phi) is 3.19. The van der Waals surface area contributed by atoms with E-state index in [0.717, 1.165) is 16.0 Å². The van der Waals surface area contributed by atoms with Gasteiger partial charge >= 0.3 is 0 Å². The molecule has 0 radical (unpaired) electrons. The van der Waals surface area contributed by atoms with Gasteiger partial charge in [0, 0.05) is 12.7 Å². The van der Waals surface area contributed by atoms with Crippen molar-refractivity contribution in [1.29, 1.82) is 0 Å². The van der Waals surface area contributed by atoms with Crippen LogP contribution in [0.1, 0.15) is 0 Å². The lowest BCUT2D eigenvalue weighted by atomic mass is 10.3. The average molecular weight is 294 g/mol. The van der Waals surface area contributed by atoms with Crippen LogP contribution in [-0.2, 0) is 0 Å². The summed E-state index contributed by atoms with van der Waals surface area (Å²) in [7, 11) is 1.90. The molecule has 0 saturated carbocycles. The lowest BCUT2D eigenvalue weighted by molar-refractivity contribution is 0.475. The summed E-state index contributed by atoms with van der Waals surface area (Å²) in [6.45, 7) is 0. The number of aromatic hydroxyl groups is 1. The van der Waals surface area contributed by atoms with Crippen LogP contribution in [0.3, 0.4) is 0 Å². The van der Waals surface area contributed by atoms with Crippen molar-refractivity contribution in [2.75, 3.05) is 17.7 Å². The van der Waals surface area contributed by atoms with Gasteiger partial charge in [0.15, 0.2) is 0 Å². The Morgan fingerprint density at radius 3 is 2.53 bits per heavy atom. The number of phenols is 1. The minimum Gasteiger partial charge on any atom is -0.508 e. The van der Waals surface area contributed by atoms with Gasteiger partial charge in [-0.05, 0) is 46.3 Å². The fraction of sp³-hybridized carbons (Fsp3) is 0.0833. The zero-order chi connectivity index (χ0) is 12.4. The Labute approximate surface area is 108 Å². The van der Waals surface area contributed by atoms with Crippen LogP contribution >= 0.6 is 15.9 Å². The highest BCUT2D eigenvalue weighted by atomic mass is 79.9. The highest BCUT2D eigenvalue weighted by Gasteiger charge is 2.09. The van der Waals surface area contributed by atoms with Crippen LogP contribution in [0.5, 0.6) is 5.75 Å².